The van der Waals surface area contributed by atoms with Gasteiger partial charge in [0.15, 0.2) is 6.04 Å². The summed E-state index contributed by atoms with van der Waals surface area (Å²) in [5.74, 6) is -1.72. The van der Waals surface area contributed by atoms with E-state index in [-0.39, 0.29) is 17.9 Å². The number of carbonyl (C=O) groups is 2. The zero-order valence-electron chi connectivity index (χ0n) is 14.2. The Hall–Kier alpha value is -2.94. The molecule has 2 amide bonds. The second-order valence-electron chi connectivity index (χ2n) is 7.09. The lowest BCUT2D eigenvalue weighted by Crippen LogP contribution is -3.10. The molecule has 0 bridgehead atoms. The van der Waals surface area contributed by atoms with E-state index in [0.717, 1.165) is 16.0 Å². The summed E-state index contributed by atoms with van der Waals surface area (Å²) < 4.78 is 0. The monoisotopic (exact) mass is 376 g/mol. The van der Waals surface area contributed by atoms with Gasteiger partial charge in [-0.25, -0.2) is 4.90 Å². The molecule has 0 aliphatic carbocycles. The normalized spacial score (nSPS) is 30.7. The smallest absolute Gasteiger partial charge is 0.245 e. The molecule has 6 heteroatoms. The third-order valence-corrected chi connectivity index (χ3v) is 6.10. The number of carbonyl (C=O) groups excluding carboxylic acids is 2. The number of nitrogens with zero attached hydrogens (tertiary/aromatic N) is 2. The van der Waals surface area contributed by atoms with Gasteiger partial charge in [0, 0.05) is 10.6 Å². The van der Waals surface area contributed by atoms with Crippen molar-refractivity contribution in [1.29, 1.82) is 5.26 Å². The predicted octanol–water partition coefficient (Wildman–Crippen LogP) is 1.96. The third kappa shape index (κ3) is 2.14. The van der Waals surface area contributed by atoms with Gasteiger partial charge in [-0.3, -0.25) is 14.5 Å². The summed E-state index contributed by atoms with van der Waals surface area (Å²) in [5, 5.41) is 10.3. The molecule has 5 atom stereocenters. The summed E-state index contributed by atoms with van der Waals surface area (Å²) in [6, 6.07) is 16.0. The summed E-state index contributed by atoms with van der Waals surface area (Å²) in [5.41, 5.74) is 2.55. The van der Waals surface area contributed by atoms with Crippen molar-refractivity contribution in [2.75, 3.05) is 4.90 Å². The van der Waals surface area contributed by atoms with Crippen LogP contribution in [-0.4, -0.2) is 17.9 Å². The molecule has 3 aliphatic rings. The van der Waals surface area contributed by atoms with Gasteiger partial charge in [-0.15, -0.1) is 0 Å². The molecule has 1 N–H and O–H groups in total. The Labute approximate surface area is 161 Å². The molecular weight excluding hydrogens is 362 g/mol. The van der Waals surface area contributed by atoms with Crippen LogP contribution in [0.25, 0.3) is 6.08 Å². The number of nitriles is 1. The second kappa shape index (κ2) is 5.78. The highest BCUT2D eigenvalue weighted by Crippen LogP contribution is 2.44. The lowest BCUT2D eigenvalue weighted by Gasteiger charge is -2.28. The van der Waals surface area contributed by atoms with Gasteiger partial charge in [-0.1, -0.05) is 35.9 Å². The highest BCUT2D eigenvalue weighted by Gasteiger charge is 2.66. The molecule has 0 radical (unpaired) electrons. The van der Waals surface area contributed by atoms with Crippen LogP contribution in [0.2, 0.25) is 5.02 Å². The molecule has 3 aliphatic heterocycles. The Balaban J connectivity index is 1.63. The van der Waals surface area contributed by atoms with Crippen LogP contribution in [0.15, 0.2) is 54.7 Å². The fourth-order valence-electron chi connectivity index (χ4n) is 4.73. The molecular formula is C21H15ClN3O2+. The minimum absolute atomic E-state index is 0.227. The number of fused-ring (bicyclic) bond motifs is 5. The second-order valence-corrected chi connectivity index (χ2v) is 7.52. The fraction of sp³-hybridized carbons (Fsp3) is 0.190. The van der Waals surface area contributed by atoms with E-state index in [1.165, 1.54) is 4.90 Å². The number of hydrogen-bond acceptors (Lipinski definition) is 3. The van der Waals surface area contributed by atoms with Gasteiger partial charge < -0.3 is 0 Å². The molecule has 0 spiro atoms. The topological polar surface area (TPSA) is 65.6 Å². The molecule has 27 heavy (non-hydrogen) atoms. The Morgan fingerprint density at radius 2 is 1.70 bits per heavy atom. The fourth-order valence-corrected chi connectivity index (χ4v) is 4.86. The van der Waals surface area contributed by atoms with E-state index in [2.05, 4.69) is 6.07 Å². The largest absolute Gasteiger partial charge is 0.287 e. The average Bonchev–Trinajstić information content (AvgIpc) is 3.15. The van der Waals surface area contributed by atoms with Crippen LogP contribution in [-0.2, 0) is 9.59 Å². The van der Waals surface area contributed by atoms with E-state index in [1.807, 2.05) is 36.5 Å². The molecule has 0 saturated carbocycles. The Morgan fingerprint density at radius 3 is 2.44 bits per heavy atom. The molecule has 2 fully saturated rings. The molecule has 1 unspecified atom stereocenters. The molecule has 5 rings (SSSR count). The maximum Gasteiger partial charge on any atom is 0.245 e. The van der Waals surface area contributed by atoms with E-state index in [0.29, 0.717) is 10.7 Å². The van der Waals surface area contributed by atoms with Crippen LogP contribution in [0, 0.1) is 23.2 Å². The van der Waals surface area contributed by atoms with Crippen molar-refractivity contribution in [3.8, 4) is 6.07 Å². The number of anilines is 1. The molecule has 2 aromatic carbocycles. The van der Waals surface area contributed by atoms with E-state index in [1.54, 1.807) is 24.3 Å². The summed E-state index contributed by atoms with van der Waals surface area (Å²) in [6.07, 6.45) is 3.89. The van der Waals surface area contributed by atoms with Gasteiger partial charge in [-0.05, 0) is 35.9 Å². The van der Waals surface area contributed by atoms with Crippen molar-refractivity contribution < 1.29 is 14.5 Å². The standard InChI is InChI=1S/C21H14ClN3O2/c22-13-5-7-14(8-6-13)25-20(26)17-16(11-23)24-10-9-12-3-1-2-4-15(12)19(24)18(17)21(25)27/h1-10,16-19H/p+1/t16-,17-,18-,19+/m0/s1. The maximum atomic E-state index is 13.3. The first-order valence-electron chi connectivity index (χ1n) is 8.78. The van der Waals surface area contributed by atoms with E-state index >= 15 is 0 Å². The first-order chi connectivity index (χ1) is 13.1. The van der Waals surface area contributed by atoms with E-state index in [9.17, 15) is 14.9 Å². The van der Waals surface area contributed by atoms with Gasteiger partial charge in [0.05, 0.1) is 11.9 Å². The number of benzene rings is 2. The SMILES string of the molecule is N#C[C@H]1[C@@H]2C(=O)N(c3ccc(Cl)cc3)C(=O)[C@@H]2[C@H]2c3ccccc3C=C[NH+]21. The van der Waals surface area contributed by atoms with Crippen LogP contribution in [0.5, 0.6) is 0 Å². The van der Waals surface area contributed by atoms with Crippen molar-refractivity contribution in [2.45, 2.75) is 12.1 Å². The number of quaternary nitrogens is 1. The minimum atomic E-state index is -0.644. The van der Waals surface area contributed by atoms with Gasteiger partial charge in [-0.2, -0.15) is 5.26 Å². The quantitative estimate of drug-likeness (QED) is 0.774. The van der Waals surface area contributed by atoms with Crippen LogP contribution in [0.1, 0.15) is 17.2 Å². The zero-order valence-corrected chi connectivity index (χ0v) is 14.9. The summed E-state index contributed by atoms with van der Waals surface area (Å²) in [4.78, 5) is 28.6. The predicted molar refractivity (Wildman–Crippen MR) is 99.5 cm³/mol. The van der Waals surface area contributed by atoms with Gasteiger partial charge in [0.2, 0.25) is 11.8 Å². The summed E-state index contributed by atoms with van der Waals surface area (Å²) >= 11 is 5.94. The van der Waals surface area contributed by atoms with E-state index in [4.69, 9.17) is 11.6 Å². The Kier molecular flexibility index (Phi) is 3.48. The molecule has 2 saturated heterocycles. The highest BCUT2D eigenvalue weighted by atomic mass is 35.5. The van der Waals surface area contributed by atoms with Gasteiger partial charge in [0.1, 0.15) is 23.9 Å². The van der Waals surface area contributed by atoms with Gasteiger partial charge >= 0.3 is 0 Å². The van der Waals surface area contributed by atoms with Crippen molar-refractivity contribution in [3.05, 3.63) is 70.9 Å². The minimum Gasteiger partial charge on any atom is -0.287 e. The molecule has 0 aromatic heterocycles. The molecule has 132 valence electrons. The van der Waals surface area contributed by atoms with Crippen molar-refractivity contribution in [2.24, 2.45) is 11.8 Å². The summed E-state index contributed by atoms with van der Waals surface area (Å²) in [6.45, 7) is 0. The first-order valence-corrected chi connectivity index (χ1v) is 9.16. The number of halogens is 1. The molecule has 3 heterocycles. The van der Waals surface area contributed by atoms with Crippen molar-refractivity contribution in [1.82, 2.24) is 0 Å². The number of imide groups is 1. The van der Waals surface area contributed by atoms with Crippen molar-refractivity contribution >= 4 is 35.2 Å². The number of hydrogen-bond donors (Lipinski definition) is 1. The zero-order chi connectivity index (χ0) is 18.7. The Morgan fingerprint density at radius 1 is 1.00 bits per heavy atom. The number of nitrogens with one attached hydrogen (secondary N) is 1. The molecule has 2 aromatic rings. The maximum absolute atomic E-state index is 13.3. The van der Waals surface area contributed by atoms with E-state index < -0.39 is 17.9 Å². The third-order valence-electron chi connectivity index (χ3n) is 5.84. The van der Waals surface area contributed by atoms with Crippen LogP contribution in [0.4, 0.5) is 5.69 Å². The highest BCUT2D eigenvalue weighted by molar-refractivity contribution is 6.30. The molecule has 5 nitrogen and oxygen atoms in total. The summed E-state index contributed by atoms with van der Waals surface area (Å²) in [7, 11) is 0. The lowest BCUT2D eigenvalue weighted by molar-refractivity contribution is -0.885. The van der Waals surface area contributed by atoms with Crippen molar-refractivity contribution in [3.63, 3.8) is 0 Å². The van der Waals surface area contributed by atoms with Crippen LogP contribution < -0.4 is 9.80 Å². The van der Waals surface area contributed by atoms with Crippen LogP contribution in [0.3, 0.4) is 0 Å². The number of rotatable bonds is 1. The van der Waals surface area contributed by atoms with Crippen LogP contribution >= 0.6 is 11.6 Å². The lowest BCUT2D eigenvalue weighted by atomic mass is 9.85. The number of amides is 2. The average molecular weight is 377 g/mol. The van der Waals surface area contributed by atoms with Gasteiger partial charge in [0.25, 0.3) is 0 Å². The Bertz CT molecular complexity index is 1040. The first kappa shape index (κ1) is 16.2.